The second kappa shape index (κ2) is 5.96. The number of amides is 1. The zero-order valence-corrected chi connectivity index (χ0v) is 15.5. The number of hydrogen-bond donors (Lipinski definition) is 2. The Morgan fingerprint density at radius 3 is 2.73 bits per heavy atom. The van der Waals surface area contributed by atoms with Crippen molar-refractivity contribution < 1.29 is 14.8 Å². The molecule has 0 aromatic carbocycles. The van der Waals surface area contributed by atoms with Crippen LogP contribution in [0.1, 0.15) is 48.1 Å². The molecule has 0 saturated heterocycles. The van der Waals surface area contributed by atoms with E-state index in [1.807, 2.05) is 13.0 Å². The van der Waals surface area contributed by atoms with E-state index in [2.05, 4.69) is 23.4 Å². The fourth-order valence-electron chi connectivity index (χ4n) is 4.45. The van der Waals surface area contributed by atoms with Crippen LogP contribution in [0.25, 0.3) is 0 Å². The van der Waals surface area contributed by atoms with E-state index in [1.54, 1.807) is 11.0 Å². The van der Waals surface area contributed by atoms with Crippen LogP contribution in [-0.4, -0.2) is 39.2 Å². The molecule has 0 saturated carbocycles. The van der Waals surface area contributed by atoms with Gasteiger partial charge in [0, 0.05) is 25.0 Å². The molecule has 7 heteroatoms. The molecule has 1 aliphatic carbocycles. The molecule has 1 aliphatic heterocycles. The van der Waals surface area contributed by atoms with Crippen molar-refractivity contribution in [2.75, 3.05) is 11.4 Å². The number of fused-ring (bicyclic) bond motifs is 3. The molecule has 2 aromatic heterocycles. The minimum atomic E-state index is -1.57. The minimum absolute atomic E-state index is 0.0600. The number of carbonyl (C=O) groups is 1. The molecule has 4 rings (SSSR count). The maximum absolute atomic E-state index is 13.2. The molecule has 0 fully saturated rings. The smallest absolute Gasteiger partial charge is 0.423 e. The molecule has 2 N–H and O–H groups in total. The predicted molar refractivity (Wildman–Crippen MR) is 101 cm³/mol. The van der Waals surface area contributed by atoms with Crippen molar-refractivity contribution in [2.24, 2.45) is 5.41 Å². The van der Waals surface area contributed by atoms with Gasteiger partial charge in [-0.1, -0.05) is 20.8 Å². The molecule has 0 bridgehead atoms. The topological polar surface area (TPSA) is 78.6 Å². The average Bonchev–Trinajstić information content (AvgIpc) is 3.07. The Morgan fingerprint density at radius 2 is 2.04 bits per heavy atom. The number of hydrogen-bond acceptors (Lipinski definition) is 4. The fourth-order valence-corrected chi connectivity index (χ4v) is 4.45. The summed E-state index contributed by atoms with van der Waals surface area (Å²) < 4.78 is 2.17. The van der Waals surface area contributed by atoms with Crippen molar-refractivity contribution in [3.63, 3.8) is 0 Å². The van der Waals surface area contributed by atoms with E-state index in [0.29, 0.717) is 29.8 Å². The zero-order chi connectivity index (χ0) is 18.6. The molecular formula is C19H24BN3O3. The number of carbonyl (C=O) groups excluding carboxylic acids is 1. The summed E-state index contributed by atoms with van der Waals surface area (Å²) in [5, 5.41) is 19.3. The second-order valence-electron chi connectivity index (χ2n) is 8.06. The average molecular weight is 353 g/mol. The maximum atomic E-state index is 13.2. The minimum Gasteiger partial charge on any atom is -0.423 e. The third-order valence-electron chi connectivity index (χ3n) is 5.58. The SMILES string of the molecule is CCc1c(B(O)O)ccnc1N1CCn2c(cc3c2CC(C)(C)C3)C1=O. The van der Waals surface area contributed by atoms with Gasteiger partial charge in [0.1, 0.15) is 11.5 Å². The van der Waals surface area contributed by atoms with Gasteiger partial charge in [-0.3, -0.25) is 9.69 Å². The summed E-state index contributed by atoms with van der Waals surface area (Å²) in [4.78, 5) is 19.3. The van der Waals surface area contributed by atoms with E-state index in [0.717, 1.165) is 25.1 Å². The number of aromatic nitrogens is 2. The standard InChI is InChI=1S/C19H24BN3O3/c1-4-13-14(20(25)26)5-6-21-17(13)23-8-7-22-15(18(23)24)9-12-10-19(2,3)11-16(12)22/h5-6,9,25-26H,4,7-8,10-11H2,1-3H3. The van der Waals surface area contributed by atoms with E-state index in [9.17, 15) is 14.8 Å². The van der Waals surface area contributed by atoms with Crippen molar-refractivity contribution in [1.29, 1.82) is 0 Å². The maximum Gasteiger partial charge on any atom is 0.488 e. The van der Waals surface area contributed by atoms with E-state index in [4.69, 9.17) is 0 Å². The lowest BCUT2D eigenvalue weighted by Gasteiger charge is -2.31. The molecule has 0 unspecified atom stereocenters. The largest absolute Gasteiger partial charge is 0.488 e. The first-order valence-corrected chi connectivity index (χ1v) is 9.19. The summed E-state index contributed by atoms with van der Waals surface area (Å²) in [5.41, 5.74) is 4.68. The van der Waals surface area contributed by atoms with Crippen LogP contribution < -0.4 is 10.4 Å². The van der Waals surface area contributed by atoms with Crippen molar-refractivity contribution in [3.8, 4) is 0 Å². The Hall–Kier alpha value is -2.12. The van der Waals surface area contributed by atoms with Gasteiger partial charge in [-0.05, 0) is 53.4 Å². The second-order valence-corrected chi connectivity index (χ2v) is 8.06. The van der Waals surface area contributed by atoms with Crippen LogP contribution in [0.2, 0.25) is 0 Å². The van der Waals surface area contributed by atoms with Crippen LogP contribution in [-0.2, 0) is 25.8 Å². The molecule has 26 heavy (non-hydrogen) atoms. The van der Waals surface area contributed by atoms with Crippen LogP contribution in [0.15, 0.2) is 18.3 Å². The van der Waals surface area contributed by atoms with E-state index >= 15 is 0 Å². The van der Waals surface area contributed by atoms with Gasteiger partial charge in [0.2, 0.25) is 0 Å². The molecule has 0 atom stereocenters. The Bertz CT molecular complexity index is 888. The zero-order valence-electron chi connectivity index (χ0n) is 15.5. The van der Waals surface area contributed by atoms with Crippen LogP contribution in [0, 0.1) is 5.41 Å². The summed E-state index contributed by atoms with van der Waals surface area (Å²) in [6.07, 6.45) is 4.11. The van der Waals surface area contributed by atoms with Gasteiger partial charge in [-0.25, -0.2) is 4.98 Å². The highest BCUT2D eigenvalue weighted by Gasteiger charge is 2.37. The summed E-state index contributed by atoms with van der Waals surface area (Å²) in [5.74, 6) is 0.478. The summed E-state index contributed by atoms with van der Waals surface area (Å²) in [6.45, 7) is 7.74. The lowest BCUT2D eigenvalue weighted by atomic mass is 9.77. The summed E-state index contributed by atoms with van der Waals surface area (Å²) in [7, 11) is -1.57. The Balaban J connectivity index is 1.73. The van der Waals surface area contributed by atoms with Crippen molar-refractivity contribution >= 4 is 24.3 Å². The van der Waals surface area contributed by atoms with Gasteiger partial charge in [0.15, 0.2) is 0 Å². The first-order valence-electron chi connectivity index (χ1n) is 9.19. The fraction of sp³-hybridized carbons (Fsp3) is 0.474. The lowest BCUT2D eigenvalue weighted by Crippen LogP contribution is -2.43. The number of pyridine rings is 1. The third kappa shape index (κ3) is 2.58. The number of anilines is 1. The molecule has 136 valence electrons. The number of nitrogens with zero attached hydrogens (tertiary/aromatic N) is 3. The van der Waals surface area contributed by atoms with Gasteiger partial charge in [-0.2, -0.15) is 0 Å². The lowest BCUT2D eigenvalue weighted by molar-refractivity contribution is 0.0963. The van der Waals surface area contributed by atoms with Gasteiger partial charge >= 0.3 is 7.12 Å². The molecule has 1 amide bonds. The summed E-state index contributed by atoms with van der Waals surface area (Å²) in [6, 6.07) is 3.63. The Morgan fingerprint density at radius 1 is 1.27 bits per heavy atom. The van der Waals surface area contributed by atoms with Crippen molar-refractivity contribution in [2.45, 2.75) is 46.6 Å². The van der Waals surface area contributed by atoms with E-state index in [1.165, 1.54) is 17.5 Å². The van der Waals surface area contributed by atoms with Gasteiger partial charge in [-0.15, -0.1) is 0 Å². The van der Waals surface area contributed by atoms with Crippen LogP contribution >= 0.6 is 0 Å². The van der Waals surface area contributed by atoms with Crippen molar-refractivity contribution in [1.82, 2.24) is 9.55 Å². The molecule has 0 spiro atoms. The Labute approximate surface area is 153 Å². The Kier molecular flexibility index (Phi) is 3.97. The molecule has 6 nitrogen and oxygen atoms in total. The first-order chi connectivity index (χ1) is 12.3. The molecular weight excluding hydrogens is 329 g/mol. The van der Waals surface area contributed by atoms with Gasteiger partial charge in [0.05, 0.1) is 0 Å². The van der Waals surface area contributed by atoms with E-state index in [-0.39, 0.29) is 11.3 Å². The van der Waals surface area contributed by atoms with Gasteiger partial charge in [0.25, 0.3) is 5.91 Å². The molecule has 3 heterocycles. The highest BCUT2D eigenvalue weighted by atomic mass is 16.4. The van der Waals surface area contributed by atoms with Crippen LogP contribution in [0.3, 0.4) is 0 Å². The predicted octanol–water partition coefficient (Wildman–Crippen LogP) is 0.910. The quantitative estimate of drug-likeness (QED) is 0.804. The van der Waals surface area contributed by atoms with Crippen LogP contribution in [0.4, 0.5) is 5.82 Å². The summed E-state index contributed by atoms with van der Waals surface area (Å²) >= 11 is 0. The highest BCUT2D eigenvalue weighted by Crippen LogP contribution is 2.39. The number of rotatable bonds is 3. The molecule has 2 aliphatic rings. The molecule has 0 radical (unpaired) electrons. The highest BCUT2D eigenvalue weighted by molar-refractivity contribution is 6.59. The monoisotopic (exact) mass is 353 g/mol. The van der Waals surface area contributed by atoms with Gasteiger partial charge < -0.3 is 14.6 Å². The van der Waals surface area contributed by atoms with Crippen LogP contribution in [0.5, 0.6) is 0 Å². The normalized spacial score (nSPS) is 18.0. The van der Waals surface area contributed by atoms with E-state index < -0.39 is 7.12 Å². The first kappa shape index (κ1) is 17.3. The third-order valence-corrected chi connectivity index (χ3v) is 5.58. The molecule has 2 aromatic rings. The van der Waals surface area contributed by atoms with Crippen molar-refractivity contribution in [3.05, 3.63) is 40.8 Å².